The van der Waals surface area contributed by atoms with Gasteiger partial charge in [-0.05, 0) is 42.9 Å². The molecular formula is C51H92O24. The van der Waals surface area contributed by atoms with E-state index < -0.39 is 173 Å². The lowest BCUT2D eigenvalue weighted by molar-refractivity contribution is -0.378. The molecule has 26 atom stereocenters. The van der Waals surface area contributed by atoms with Gasteiger partial charge in [-0.1, -0.05) is 90.9 Å². The summed E-state index contributed by atoms with van der Waals surface area (Å²) < 4.78 is 60.8. The lowest BCUT2D eigenvalue weighted by Crippen LogP contribution is -2.66. The quantitative estimate of drug-likeness (QED) is 0.0308. The zero-order chi connectivity index (χ0) is 54.3. The molecular weight excluding hydrogens is 997 g/mol. The fourth-order valence-electron chi connectivity index (χ4n) is 11.8. The van der Waals surface area contributed by atoms with Crippen molar-refractivity contribution in [2.24, 2.45) is 23.7 Å². The van der Waals surface area contributed by atoms with Crippen molar-refractivity contribution in [3.63, 3.8) is 0 Å². The fraction of sp³-hybridized carbons (Fsp3) is 1.00. The van der Waals surface area contributed by atoms with E-state index >= 15 is 0 Å². The molecule has 2 saturated carbocycles. The molecule has 6 aliphatic rings. The van der Waals surface area contributed by atoms with E-state index in [1.54, 1.807) is 0 Å². The van der Waals surface area contributed by atoms with Crippen LogP contribution in [0.15, 0.2) is 0 Å². The molecule has 4 heterocycles. The summed E-state index contributed by atoms with van der Waals surface area (Å²) >= 11 is 0. The van der Waals surface area contributed by atoms with E-state index in [-0.39, 0.29) is 11.8 Å². The fourth-order valence-corrected chi connectivity index (χ4v) is 11.8. The van der Waals surface area contributed by atoms with Gasteiger partial charge in [-0.2, -0.15) is 0 Å². The molecule has 0 aromatic heterocycles. The van der Waals surface area contributed by atoms with Crippen molar-refractivity contribution in [3.05, 3.63) is 0 Å². The van der Waals surface area contributed by atoms with Crippen molar-refractivity contribution >= 4 is 0 Å². The molecule has 440 valence electrons. The van der Waals surface area contributed by atoms with Gasteiger partial charge in [-0.3, -0.25) is 0 Å². The number of fused-ring (bicyclic) bond motifs is 2. The van der Waals surface area contributed by atoms with Gasteiger partial charge < -0.3 is 119 Å². The number of hydrogen-bond acceptors (Lipinski definition) is 24. The average Bonchev–Trinajstić information content (AvgIpc) is 3.94. The Labute approximate surface area is 439 Å². The second-order valence-electron chi connectivity index (χ2n) is 21.5. The van der Waals surface area contributed by atoms with Crippen LogP contribution in [0, 0.1) is 23.7 Å². The normalized spacial score (nSPS) is 44.2. The number of aliphatic hydroxyl groups excluding tert-OH is 14. The Kier molecular flexibility index (Phi) is 26.4. The van der Waals surface area contributed by atoms with E-state index in [2.05, 4.69) is 13.8 Å². The molecule has 0 spiro atoms. The summed E-state index contributed by atoms with van der Waals surface area (Å²) in [6, 6.07) is 0. The summed E-state index contributed by atoms with van der Waals surface area (Å²) in [5.41, 5.74) is 0. The minimum absolute atomic E-state index is 0.204. The summed E-state index contributed by atoms with van der Waals surface area (Å²) in [5, 5.41) is 150. The number of unbranched alkanes of at least 4 members (excludes halogenated alkanes) is 12. The molecule has 0 aromatic carbocycles. The molecule has 0 aromatic rings. The summed E-state index contributed by atoms with van der Waals surface area (Å²) in [6.07, 6.45) is -20.3. The molecule has 2 bridgehead atoms. The minimum Gasteiger partial charge on any atom is -0.394 e. The molecule has 14 N–H and O–H groups in total. The summed E-state index contributed by atoms with van der Waals surface area (Å²) in [6.45, 7) is 2.84. The number of rotatable bonds is 32. The molecule has 6 fully saturated rings. The molecule has 24 nitrogen and oxygen atoms in total. The average molecular weight is 1090 g/mol. The highest BCUT2D eigenvalue weighted by Gasteiger charge is 2.63. The Morgan fingerprint density at radius 2 is 0.627 bits per heavy atom. The SMILES string of the molecule is CCCCCCCCCOCC1C2C[C@@H]([C@@H]1COCCCCCCCCC)[C@H](O[C@@H]1OC(CO)[C@@H](O[C@H]3OC(CO)[C@@H](O)[C@H](O)C3O)[C@H](O)C1O)C2O[C@@H]1OC(CO)[C@@H](O[C@H]2OC(CO)[C@@H](O)[C@H](O)C2O)[C@H](O)C1O. The molecule has 75 heavy (non-hydrogen) atoms. The van der Waals surface area contributed by atoms with Crippen LogP contribution in [0.2, 0.25) is 0 Å². The first-order valence-corrected chi connectivity index (χ1v) is 27.8. The highest BCUT2D eigenvalue weighted by Crippen LogP contribution is 2.56. The Morgan fingerprint density at radius 1 is 0.333 bits per heavy atom. The van der Waals surface area contributed by atoms with Gasteiger partial charge in [0.25, 0.3) is 0 Å². The molecule has 0 radical (unpaired) electrons. The second-order valence-corrected chi connectivity index (χ2v) is 21.5. The van der Waals surface area contributed by atoms with Gasteiger partial charge in [-0.25, -0.2) is 0 Å². The lowest BCUT2D eigenvalue weighted by Gasteiger charge is -2.49. The van der Waals surface area contributed by atoms with Crippen LogP contribution in [0.25, 0.3) is 0 Å². The van der Waals surface area contributed by atoms with Crippen LogP contribution in [-0.2, 0) is 47.4 Å². The van der Waals surface area contributed by atoms with Crippen LogP contribution in [0.1, 0.15) is 110 Å². The Morgan fingerprint density at radius 3 is 0.960 bits per heavy atom. The number of aliphatic hydroxyl groups is 14. The Balaban J connectivity index is 1.22. The number of hydrogen-bond donors (Lipinski definition) is 14. The van der Waals surface area contributed by atoms with Gasteiger partial charge in [0.1, 0.15) is 97.7 Å². The first-order chi connectivity index (χ1) is 36.1. The van der Waals surface area contributed by atoms with E-state index in [0.29, 0.717) is 32.8 Å². The zero-order valence-electron chi connectivity index (χ0n) is 43.6. The monoisotopic (exact) mass is 1090 g/mol. The second kappa shape index (κ2) is 31.3. The predicted molar refractivity (Wildman–Crippen MR) is 259 cm³/mol. The van der Waals surface area contributed by atoms with Gasteiger partial charge in [0.2, 0.25) is 0 Å². The van der Waals surface area contributed by atoms with Crippen molar-refractivity contribution in [2.45, 2.75) is 245 Å². The van der Waals surface area contributed by atoms with Crippen LogP contribution in [0.5, 0.6) is 0 Å². The van der Waals surface area contributed by atoms with Gasteiger partial charge in [0, 0.05) is 13.2 Å². The summed E-state index contributed by atoms with van der Waals surface area (Å²) in [4.78, 5) is 0. The van der Waals surface area contributed by atoms with Crippen LogP contribution in [0.3, 0.4) is 0 Å². The van der Waals surface area contributed by atoms with Gasteiger partial charge in [0.05, 0.1) is 51.8 Å². The third kappa shape index (κ3) is 15.7. The van der Waals surface area contributed by atoms with Gasteiger partial charge in [0.15, 0.2) is 25.2 Å². The first-order valence-electron chi connectivity index (χ1n) is 27.8. The third-order valence-corrected chi connectivity index (χ3v) is 16.3. The van der Waals surface area contributed by atoms with Crippen molar-refractivity contribution < 1.29 is 119 Å². The highest BCUT2D eigenvalue weighted by molar-refractivity contribution is 5.09. The topological polar surface area (TPSA) is 376 Å². The van der Waals surface area contributed by atoms with Gasteiger partial charge in [-0.15, -0.1) is 0 Å². The molecule has 4 saturated heterocycles. The lowest BCUT2D eigenvalue weighted by atomic mass is 9.76. The van der Waals surface area contributed by atoms with E-state index in [1.165, 1.54) is 25.7 Å². The van der Waals surface area contributed by atoms with Crippen molar-refractivity contribution in [2.75, 3.05) is 52.9 Å². The predicted octanol–water partition coefficient (Wildman–Crippen LogP) is -2.58. The van der Waals surface area contributed by atoms with Crippen LogP contribution in [-0.4, -0.2) is 259 Å². The third-order valence-electron chi connectivity index (χ3n) is 16.3. The molecule has 24 heteroatoms. The molecule has 4 aliphatic heterocycles. The van der Waals surface area contributed by atoms with Crippen LogP contribution < -0.4 is 0 Å². The molecule has 0 amide bonds. The minimum atomic E-state index is -1.90. The molecule has 2 aliphatic carbocycles. The van der Waals surface area contributed by atoms with E-state index in [1.807, 2.05) is 0 Å². The van der Waals surface area contributed by atoms with Crippen molar-refractivity contribution in [1.29, 1.82) is 0 Å². The maximum Gasteiger partial charge on any atom is 0.187 e. The number of ether oxygens (including phenoxy) is 10. The van der Waals surface area contributed by atoms with E-state index in [9.17, 15) is 71.5 Å². The maximum atomic E-state index is 11.7. The highest BCUT2D eigenvalue weighted by atomic mass is 16.8. The molecule has 11 unspecified atom stereocenters. The summed E-state index contributed by atoms with van der Waals surface area (Å²) in [5.74, 6) is -1.20. The van der Waals surface area contributed by atoms with Gasteiger partial charge >= 0.3 is 0 Å². The maximum absolute atomic E-state index is 11.7. The van der Waals surface area contributed by atoms with Crippen molar-refractivity contribution in [1.82, 2.24) is 0 Å². The standard InChI is InChI=1S/C51H92O24/c1-3-5-7-9-11-13-15-17-66-24-28-26-19-27(29(28)25-67-18-16-14-12-10-8-6-4-2)45(73-51-43(65)39(61)47(33(23-55)71-51)75-49-41(63)37(59)35(57)31(21-53)69-49)44(26)72-50-42(64)38(60)46(32(22-54)70-50)74-48-40(62)36(58)34(56)30(20-52)68-48/h26-65H,3-25H2,1-2H3/t26-,27?,28-,29?,30?,31?,32?,33?,34+,35+,36-,37-,38+,39+,40?,41?,42?,43?,44-,45?,46+,47+,48+,49+,50-,51-/m0/s1. The van der Waals surface area contributed by atoms with E-state index in [0.717, 1.165) is 64.2 Å². The zero-order valence-corrected chi connectivity index (χ0v) is 43.6. The smallest absolute Gasteiger partial charge is 0.187 e. The Bertz CT molecular complexity index is 1460. The molecule has 6 rings (SSSR count). The summed E-state index contributed by atoms with van der Waals surface area (Å²) in [7, 11) is 0. The van der Waals surface area contributed by atoms with Crippen LogP contribution in [0.4, 0.5) is 0 Å². The van der Waals surface area contributed by atoms with E-state index in [4.69, 9.17) is 47.4 Å². The first kappa shape index (κ1) is 63.2. The van der Waals surface area contributed by atoms with Crippen LogP contribution >= 0.6 is 0 Å². The largest absolute Gasteiger partial charge is 0.394 e. The van der Waals surface area contributed by atoms with Crippen molar-refractivity contribution in [3.8, 4) is 0 Å². The Hall–Kier alpha value is -0.960.